The number of halogens is 1. The van der Waals surface area contributed by atoms with Gasteiger partial charge in [0.25, 0.3) is 0 Å². The zero-order valence-corrected chi connectivity index (χ0v) is 16.5. The number of hydrogen-bond acceptors (Lipinski definition) is 4. The molecule has 26 heavy (non-hydrogen) atoms. The maximum atomic E-state index is 12.7. The summed E-state index contributed by atoms with van der Waals surface area (Å²) in [5.41, 5.74) is 6.82. The van der Waals surface area contributed by atoms with Crippen molar-refractivity contribution in [3.05, 3.63) is 56.1 Å². The molecule has 0 spiro atoms. The van der Waals surface area contributed by atoms with E-state index in [0.717, 1.165) is 27.8 Å². The zero-order valence-electron chi connectivity index (χ0n) is 15.8. The molecule has 0 saturated heterocycles. The Morgan fingerprint density at radius 2 is 1.54 bits per heavy atom. The van der Waals surface area contributed by atoms with Gasteiger partial charge in [-0.15, -0.1) is 0 Å². The number of rotatable bonds is 3. The van der Waals surface area contributed by atoms with Crippen molar-refractivity contribution in [1.29, 1.82) is 0 Å². The van der Waals surface area contributed by atoms with Crippen molar-refractivity contribution in [3.63, 3.8) is 0 Å². The lowest BCUT2D eigenvalue weighted by Crippen LogP contribution is -2.16. The SMILES string of the molecule is Cc1c(C)c(C)c(C(=O)OCc2cc(Cl)c3c(c2)OCCO3)c(C)c1C. The molecule has 4 nitrogen and oxygen atoms in total. The number of hydrogen-bond donors (Lipinski definition) is 0. The molecule has 2 aromatic rings. The van der Waals surface area contributed by atoms with E-state index >= 15 is 0 Å². The molecule has 1 aliphatic heterocycles. The molecule has 1 heterocycles. The predicted octanol–water partition coefficient (Wildman–Crippen LogP) is 5.01. The number of fused-ring (bicyclic) bond motifs is 1. The molecule has 0 bridgehead atoms. The molecule has 2 aromatic carbocycles. The van der Waals surface area contributed by atoms with Crippen LogP contribution in [-0.4, -0.2) is 19.2 Å². The maximum Gasteiger partial charge on any atom is 0.339 e. The van der Waals surface area contributed by atoms with Crippen molar-refractivity contribution in [2.45, 2.75) is 41.2 Å². The standard InChI is InChI=1S/C21H23ClO4/c1-11-12(2)14(4)19(15(5)13(11)3)21(23)26-10-16-8-17(22)20-18(9-16)24-6-7-25-20/h8-9H,6-7,10H2,1-5H3. The largest absolute Gasteiger partial charge is 0.486 e. The first kappa shape index (κ1) is 18.6. The Hall–Kier alpha value is -2.20. The van der Waals surface area contributed by atoms with Gasteiger partial charge in [-0.2, -0.15) is 0 Å². The van der Waals surface area contributed by atoms with Crippen molar-refractivity contribution in [1.82, 2.24) is 0 Å². The summed E-state index contributed by atoms with van der Waals surface area (Å²) in [6.45, 7) is 11.2. The Labute approximate surface area is 159 Å². The first-order chi connectivity index (χ1) is 12.3. The molecular weight excluding hydrogens is 352 g/mol. The monoisotopic (exact) mass is 374 g/mol. The number of carbonyl (C=O) groups is 1. The zero-order chi connectivity index (χ0) is 19.0. The summed E-state index contributed by atoms with van der Waals surface area (Å²) in [5, 5.41) is 0.461. The highest BCUT2D eigenvalue weighted by Gasteiger charge is 2.21. The molecule has 0 radical (unpaired) electrons. The predicted molar refractivity (Wildman–Crippen MR) is 102 cm³/mol. The summed E-state index contributed by atoms with van der Waals surface area (Å²) >= 11 is 6.24. The van der Waals surface area contributed by atoms with E-state index in [-0.39, 0.29) is 12.6 Å². The maximum absolute atomic E-state index is 12.7. The molecular formula is C21H23ClO4. The fourth-order valence-corrected chi connectivity index (χ4v) is 3.56. The molecule has 0 aliphatic carbocycles. The Balaban J connectivity index is 1.83. The van der Waals surface area contributed by atoms with Crippen LogP contribution in [0.1, 0.15) is 43.7 Å². The fourth-order valence-electron chi connectivity index (χ4n) is 3.27. The smallest absolute Gasteiger partial charge is 0.339 e. The van der Waals surface area contributed by atoms with Crippen LogP contribution in [0.2, 0.25) is 5.02 Å². The average molecular weight is 375 g/mol. The van der Waals surface area contributed by atoms with Crippen molar-refractivity contribution >= 4 is 17.6 Å². The van der Waals surface area contributed by atoms with Crippen molar-refractivity contribution in [2.75, 3.05) is 13.2 Å². The minimum atomic E-state index is -0.322. The molecule has 5 heteroatoms. The fraction of sp³-hybridized carbons (Fsp3) is 0.381. The first-order valence-corrected chi connectivity index (χ1v) is 9.01. The normalized spacial score (nSPS) is 12.8. The third-order valence-corrected chi connectivity index (χ3v) is 5.51. The van der Waals surface area contributed by atoms with Crippen molar-refractivity contribution in [3.8, 4) is 11.5 Å². The molecule has 0 aromatic heterocycles. The Morgan fingerprint density at radius 3 is 2.19 bits per heavy atom. The van der Waals surface area contributed by atoms with E-state index < -0.39 is 0 Å². The number of esters is 1. The summed E-state index contributed by atoms with van der Waals surface area (Å²) in [6, 6.07) is 3.55. The summed E-state index contributed by atoms with van der Waals surface area (Å²) in [7, 11) is 0. The first-order valence-electron chi connectivity index (χ1n) is 8.63. The summed E-state index contributed by atoms with van der Waals surface area (Å²) in [5.74, 6) is 0.811. The molecule has 138 valence electrons. The Morgan fingerprint density at radius 1 is 0.962 bits per heavy atom. The average Bonchev–Trinajstić information content (AvgIpc) is 2.63. The number of benzene rings is 2. The van der Waals surface area contributed by atoms with E-state index in [1.165, 1.54) is 5.56 Å². The minimum absolute atomic E-state index is 0.125. The lowest BCUT2D eigenvalue weighted by Gasteiger charge is -2.20. The van der Waals surface area contributed by atoms with Crippen LogP contribution in [0.5, 0.6) is 11.5 Å². The van der Waals surface area contributed by atoms with Gasteiger partial charge in [-0.05, 0) is 80.1 Å². The van der Waals surface area contributed by atoms with Gasteiger partial charge >= 0.3 is 5.97 Å². The van der Waals surface area contributed by atoms with E-state index in [4.69, 9.17) is 25.8 Å². The van der Waals surface area contributed by atoms with Gasteiger partial charge in [0.05, 0.1) is 10.6 Å². The quantitative estimate of drug-likeness (QED) is 0.708. The topological polar surface area (TPSA) is 44.8 Å². The third-order valence-electron chi connectivity index (χ3n) is 5.23. The molecule has 0 saturated carbocycles. The third kappa shape index (κ3) is 3.26. The molecule has 0 N–H and O–H groups in total. The van der Waals surface area contributed by atoms with E-state index in [2.05, 4.69) is 6.92 Å². The van der Waals surface area contributed by atoms with Gasteiger partial charge < -0.3 is 14.2 Å². The van der Waals surface area contributed by atoms with Gasteiger partial charge in [-0.25, -0.2) is 4.79 Å². The molecule has 1 aliphatic rings. The van der Waals surface area contributed by atoms with Crippen LogP contribution in [0.15, 0.2) is 12.1 Å². The summed E-state index contributed by atoms with van der Waals surface area (Å²) in [4.78, 5) is 12.7. The van der Waals surface area contributed by atoms with E-state index in [0.29, 0.717) is 35.3 Å². The van der Waals surface area contributed by atoms with E-state index in [1.807, 2.05) is 27.7 Å². The molecule has 0 fully saturated rings. The lowest BCUT2D eigenvalue weighted by atomic mass is 9.90. The van der Waals surface area contributed by atoms with Crippen LogP contribution in [0.3, 0.4) is 0 Å². The van der Waals surface area contributed by atoms with Crippen LogP contribution in [0.4, 0.5) is 0 Å². The highest BCUT2D eigenvalue weighted by atomic mass is 35.5. The van der Waals surface area contributed by atoms with Crippen molar-refractivity contribution in [2.24, 2.45) is 0 Å². The van der Waals surface area contributed by atoms with Gasteiger partial charge in [0, 0.05) is 0 Å². The van der Waals surface area contributed by atoms with Crippen molar-refractivity contribution < 1.29 is 19.0 Å². The van der Waals surface area contributed by atoms with Gasteiger partial charge in [0.1, 0.15) is 19.8 Å². The second kappa shape index (κ2) is 7.20. The van der Waals surface area contributed by atoms with Crippen LogP contribution >= 0.6 is 11.6 Å². The highest BCUT2D eigenvalue weighted by Crippen LogP contribution is 2.38. The van der Waals surface area contributed by atoms with Crippen LogP contribution in [0.25, 0.3) is 0 Å². The van der Waals surface area contributed by atoms with Gasteiger partial charge in [-0.3, -0.25) is 0 Å². The second-order valence-electron chi connectivity index (χ2n) is 6.68. The molecule has 0 amide bonds. The molecule has 3 rings (SSSR count). The highest BCUT2D eigenvalue weighted by molar-refractivity contribution is 6.32. The van der Waals surface area contributed by atoms with Gasteiger partial charge in [-0.1, -0.05) is 11.6 Å². The Kier molecular flexibility index (Phi) is 5.15. The second-order valence-corrected chi connectivity index (χ2v) is 7.09. The van der Waals surface area contributed by atoms with Gasteiger partial charge in [0.15, 0.2) is 11.5 Å². The van der Waals surface area contributed by atoms with E-state index in [1.54, 1.807) is 12.1 Å². The number of ether oxygens (including phenoxy) is 3. The molecule has 0 atom stereocenters. The minimum Gasteiger partial charge on any atom is -0.486 e. The number of carbonyl (C=O) groups excluding carboxylic acids is 1. The summed E-state index contributed by atoms with van der Waals surface area (Å²) < 4.78 is 16.7. The van der Waals surface area contributed by atoms with Crippen LogP contribution in [0, 0.1) is 34.6 Å². The van der Waals surface area contributed by atoms with E-state index in [9.17, 15) is 4.79 Å². The lowest BCUT2D eigenvalue weighted by molar-refractivity contribution is 0.0470. The van der Waals surface area contributed by atoms with Crippen LogP contribution in [-0.2, 0) is 11.3 Å². The summed E-state index contributed by atoms with van der Waals surface area (Å²) in [6.07, 6.45) is 0. The molecule has 0 unspecified atom stereocenters. The van der Waals surface area contributed by atoms with Crippen LogP contribution < -0.4 is 9.47 Å². The Bertz CT molecular complexity index is 857. The van der Waals surface area contributed by atoms with Gasteiger partial charge in [0.2, 0.25) is 0 Å².